The molecule has 0 aromatic rings. The molecule has 0 bridgehead atoms. The monoisotopic (exact) mass is 236 g/mol. The minimum atomic E-state index is 0.488. The highest BCUT2D eigenvalue weighted by Crippen LogP contribution is 2.48. The Balaban J connectivity index is 1.63. The van der Waals surface area contributed by atoms with Crippen LogP contribution in [0.2, 0.25) is 0 Å². The second-order valence-electron chi connectivity index (χ2n) is 6.81. The minimum absolute atomic E-state index is 0.488. The van der Waals surface area contributed by atoms with Gasteiger partial charge in [0.1, 0.15) is 0 Å². The van der Waals surface area contributed by atoms with E-state index < -0.39 is 0 Å². The Bertz CT molecular complexity index is 258. The van der Waals surface area contributed by atoms with Crippen LogP contribution in [-0.4, -0.2) is 18.6 Å². The van der Waals surface area contributed by atoms with Crippen LogP contribution in [-0.2, 0) is 0 Å². The van der Waals surface area contributed by atoms with Gasteiger partial charge in [-0.2, -0.15) is 0 Å². The van der Waals surface area contributed by atoms with Crippen LogP contribution in [0.25, 0.3) is 0 Å². The molecule has 2 nitrogen and oxygen atoms in total. The van der Waals surface area contributed by atoms with Crippen molar-refractivity contribution >= 4 is 0 Å². The van der Waals surface area contributed by atoms with Crippen LogP contribution in [0.3, 0.4) is 0 Å². The fourth-order valence-electron chi connectivity index (χ4n) is 4.61. The largest absolute Gasteiger partial charge is 0.328 e. The summed E-state index contributed by atoms with van der Waals surface area (Å²) in [7, 11) is 0. The van der Waals surface area contributed by atoms with E-state index in [1.807, 2.05) is 0 Å². The van der Waals surface area contributed by atoms with E-state index in [9.17, 15) is 0 Å². The average molecular weight is 236 g/mol. The highest BCUT2D eigenvalue weighted by Gasteiger charge is 2.49. The van der Waals surface area contributed by atoms with E-state index >= 15 is 0 Å². The molecule has 1 aliphatic heterocycles. The highest BCUT2D eigenvalue weighted by atomic mass is 15.1. The highest BCUT2D eigenvalue weighted by molar-refractivity contribution is 5.06. The summed E-state index contributed by atoms with van der Waals surface area (Å²) >= 11 is 0. The first kappa shape index (κ1) is 12.0. The third-order valence-electron chi connectivity index (χ3n) is 5.71. The van der Waals surface area contributed by atoms with Gasteiger partial charge >= 0.3 is 0 Å². The van der Waals surface area contributed by atoms with Gasteiger partial charge in [-0.05, 0) is 49.9 Å². The van der Waals surface area contributed by atoms with Crippen LogP contribution in [0.1, 0.15) is 64.2 Å². The van der Waals surface area contributed by atoms with Gasteiger partial charge in [-0.25, -0.2) is 0 Å². The quantitative estimate of drug-likeness (QED) is 0.687. The average Bonchev–Trinajstić information content (AvgIpc) is 2.55. The fourth-order valence-corrected chi connectivity index (χ4v) is 4.61. The summed E-state index contributed by atoms with van der Waals surface area (Å²) in [5.74, 6) is 0.926. The van der Waals surface area contributed by atoms with Gasteiger partial charge in [0.25, 0.3) is 0 Å². The molecule has 0 aromatic heterocycles. The van der Waals surface area contributed by atoms with Crippen LogP contribution >= 0.6 is 0 Å². The minimum Gasteiger partial charge on any atom is -0.328 e. The van der Waals surface area contributed by atoms with Gasteiger partial charge in [0.05, 0.1) is 0 Å². The molecule has 17 heavy (non-hydrogen) atoms. The molecule has 3 rings (SSSR count). The van der Waals surface area contributed by atoms with Crippen molar-refractivity contribution in [1.82, 2.24) is 5.32 Å². The Kier molecular flexibility index (Phi) is 3.45. The molecule has 3 aliphatic rings. The summed E-state index contributed by atoms with van der Waals surface area (Å²) in [6, 6.07) is 1.33. The molecule has 3 unspecified atom stereocenters. The molecule has 3 N–H and O–H groups in total. The summed E-state index contributed by atoms with van der Waals surface area (Å²) < 4.78 is 0. The maximum Gasteiger partial charge on any atom is 0.0164 e. The molecule has 2 aliphatic carbocycles. The Morgan fingerprint density at radius 1 is 0.882 bits per heavy atom. The molecular formula is C15H28N2. The zero-order valence-electron chi connectivity index (χ0n) is 11.1. The predicted molar refractivity (Wildman–Crippen MR) is 71.9 cm³/mol. The Morgan fingerprint density at radius 2 is 1.71 bits per heavy atom. The smallest absolute Gasteiger partial charge is 0.0164 e. The van der Waals surface area contributed by atoms with Crippen LogP contribution in [0.5, 0.6) is 0 Å². The second-order valence-corrected chi connectivity index (χ2v) is 6.81. The third-order valence-corrected chi connectivity index (χ3v) is 5.71. The van der Waals surface area contributed by atoms with Crippen LogP contribution in [0.15, 0.2) is 0 Å². The Hall–Kier alpha value is -0.0800. The van der Waals surface area contributed by atoms with Gasteiger partial charge in [0.2, 0.25) is 0 Å². The molecule has 2 saturated carbocycles. The van der Waals surface area contributed by atoms with Crippen molar-refractivity contribution in [3.63, 3.8) is 0 Å². The van der Waals surface area contributed by atoms with Gasteiger partial charge in [-0.1, -0.05) is 25.7 Å². The number of hydrogen-bond acceptors (Lipinski definition) is 2. The van der Waals surface area contributed by atoms with Gasteiger partial charge in [0.15, 0.2) is 0 Å². The van der Waals surface area contributed by atoms with E-state index in [-0.39, 0.29) is 0 Å². The Labute approximate surface area is 106 Å². The number of nitrogens with one attached hydrogen (secondary N) is 1. The standard InChI is InChI=1S/C15H28N2/c16-13-6-4-5-12(7-8-13)14-15(11-17-14)9-2-1-3-10-15/h12-14,17H,1-11,16H2. The normalized spacial score (nSPS) is 41.8. The molecule has 0 radical (unpaired) electrons. The number of hydrogen-bond donors (Lipinski definition) is 2. The maximum atomic E-state index is 6.11. The van der Waals surface area contributed by atoms with E-state index in [1.54, 1.807) is 0 Å². The van der Waals surface area contributed by atoms with Crippen molar-refractivity contribution in [3.05, 3.63) is 0 Å². The van der Waals surface area contributed by atoms with Crippen molar-refractivity contribution in [1.29, 1.82) is 0 Å². The maximum absolute atomic E-state index is 6.11. The van der Waals surface area contributed by atoms with Crippen molar-refractivity contribution < 1.29 is 0 Å². The molecule has 3 atom stereocenters. The SMILES string of the molecule is NC1CCCC(C2NCC23CCCCC3)CC1. The van der Waals surface area contributed by atoms with E-state index in [1.165, 1.54) is 70.8 Å². The second kappa shape index (κ2) is 4.89. The van der Waals surface area contributed by atoms with E-state index in [0.29, 0.717) is 11.5 Å². The van der Waals surface area contributed by atoms with E-state index in [0.717, 1.165) is 12.0 Å². The zero-order valence-corrected chi connectivity index (χ0v) is 11.1. The molecule has 1 heterocycles. The Morgan fingerprint density at radius 3 is 2.41 bits per heavy atom. The number of nitrogens with two attached hydrogens (primary N) is 1. The van der Waals surface area contributed by atoms with Crippen molar-refractivity contribution in [2.24, 2.45) is 17.1 Å². The first-order chi connectivity index (χ1) is 8.30. The summed E-state index contributed by atoms with van der Waals surface area (Å²) in [6.07, 6.45) is 14.1. The van der Waals surface area contributed by atoms with E-state index in [4.69, 9.17) is 5.73 Å². The van der Waals surface area contributed by atoms with Gasteiger partial charge in [-0.15, -0.1) is 0 Å². The molecule has 2 heteroatoms. The summed E-state index contributed by atoms with van der Waals surface area (Å²) in [5, 5.41) is 3.78. The summed E-state index contributed by atoms with van der Waals surface area (Å²) in [5.41, 5.74) is 6.81. The topological polar surface area (TPSA) is 38.0 Å². The summed E-state index contributed by atoms with van der Waals surface area (Å²) in [6.45, 7) is 1.31. The molecule has 98 valence electrons. The summed E-state index contributed by atoms with van der Waals surface area (Å²) in [4.78, 5) is 0. The van der Waals surface area contributed by atoms with Crippen LogP contribution in [0.4, 0.5) is 0 Å². The predicted octanol–water partition coefficient (Wildman–Crippen LogP) is 2.82. The lowest BCUT2D eigenvalue weighted by Gasteiger charge is -2.56. The van der Waals surface area contributed by atoms with Crippen molar-refractivity contribution in [2.45, 2.75) is 76.3 Å². The first-order valence-corrected chi connectivity index (χ1v) is 7.79. The van der Waals surface area contributed by atoms with Crippen molar-refractivity contribution in [2.75, 3.05) is 6.54 Å². The molecule has 0 amide bonds. The lowest BCUT2D eigenvalue weighted by Crippen LogP contribution is -2.65. The first-order valence-electron chi connectivity index (χ1n) is 7.79. The van der Waals surface area contributed by atoms with Crippen molar-refractivity contribution in [3.8, 4) is 0 Å². The lowest BCUT2D eigenvalue weighted by atomic mass is 9.60. The zero-order chi connectivity index (χ0) is 11.7. The number of rotatable bonds is 1. The fraction of sp³-hybridized carbons (Fsp3) is 1.00. The molecule has 0 aromatic carbocycles. The molecule has 3 fully saturated rings. The van der Waals surface area contributed by atoms with Gasteiger partial charge in [0, 0.05) is 18.6 Å². The molecular weight excluding hydrogens is 208 g/mol. The van der Waals surface area contributed by atoms with Crippen LogP contribution < -0.4 is 11.1 Å². The molecule has 1 spiro atoms. The molecule has 1 saturated heterocycles. The van der Waals surface area contributed by atoms with E-state index in [2.05, 4.69) is 5.32 Å². The lowest BCUT2D eigenvalue weighted by molar-refractivity contribution is -0.00202. The third kappa shape index (κ3) is 2.26. The van der Waals surface area contributed by atoms with Gasteiger partial charge in [-0.3, -0.25) is 0 Å². The van der Waals surface area contributed by atoms with Gasteiger partial charge < -0.3 is 11.1 Å². The van der Waals surface area contributed by atoms with Crippen LogP contribution in [0, 0.1) is 11.3 Å².